The van der Waals surface area contributed by atoms with E-state index in [9.17, 15) is 0 Å². The van der Waals surface area contributed by atoms with E-state index >= 15 is 0 Å². The zero-order chi connectivity index (χ0) is 28.0. The lowest BCUT2D eigenvalue weighted by Gasteiger charge is -2.42. The minimum Gasteiger partial charge on any atom is -0.497 e. The number of ether oxygens (including phenoxy) is 8. The Hall–Kier alpha value is -1.98. The lowest BCUT2D eigenvalue weighted by molar-refractivity contribution is -0.294. The summed E-state index contributed by atoms with van der Waals surface area (Å²) in [5.41, 5.74) is 2.08. The third kappa shape index (κ3) is 8.50. The van der Waals surface area contributed by atoms with Gasteiger partial charge in [0.15, 0.2) is 12.1 Å². The molecule has 2 fully saturated rings. The van der Waals surface area contributed by atoms with Crippen molar-refractivity contribution in [3.8, 4) is 11.5 Å². The first-order chi connectivity index (χ1) is 18.6. The SMILES string of the molecule is COc1ccc(COC[C@H]2O[C@@H](OCC[Si](C)(C)C)[C@H](OCc3ccc(OC)cc3)[C@H]3OC(C)(C)O[C@H]32)cc1. The molecule has 0 spiro atoms. The molecule has 0 bridgehead atoms. The second-order valence-corrected chi connectivity index (χ2v) is 17.4. The smallest absolute Gasteiger partial charge is 0.186 e. The van der Waals surface area contributed by atoms with Crippen LogP contribution in [0.25, 0.3) is 0 Å². The monoisotopic (exact) mass is 560 g/mol. The Morgan fingerprint density at radius 3 is 1.90 bits per heavy atom. The second kappa shape index (κ2) is 13.1. The van der Waals surface area contributed by atoms with Crippen LogP contribution in [0.4, 0.5) is 0 Å². The number of benzene rings is 2. The summed E-state index contributed by atoms with van der Waals surface area (Å²) >= 11 is 0. The van der Waals surface area contributed by atoms with Crippen molar-refractivity contribution >= 4 is 8.07 Å². The highest BCUT2D eigenvalue weighted by Gasteiger charge is 2.56. The Balaban J connectivity index is 1.46. The zero-order valence-corrected chi connectivity index (χ0v) is 25.3. The fraction of sp³-hybridized carbons (Fsp3) is 0.600. The maximum Gasteiger partial charge on any atom is 0.186 e. The molecule has 2 aromatic carbocycles. The highest BCUT2D eigenvalue weighted by atomic mass is 28.3. The molecule has 0 unspecified atom stereocenters. The molecule has 0 saturated carbocycles. The summed E-state index contributed by atoms with van der Waals surface area (Å²) in [7, 11) is 2.01. The van der Waals surface area contributed by atoms with Gasteiger partial charge >= 0.3 is 0 Å². The van der Waals surface area contributed by atoms with Crippen LogP contribution >= 0.6 is 0 Å². The quantitative estimate of drug-likeness (QED) is 0.301. The number of hydrogen-bond acceptors (Lipinski definition) is 8. The molecular formula is C30H44O8Si. The summed E-state index contributed by atoms with van der Waals surface area (Å²) < 4.78 is 48.7. The molecule has 2 aliphatic rings. The van der Waals surface area contributed by atoms with Gasteiger partial charge in [0, 0.05) is 14.7 Å². The van der Waals surface area contributed by atoms with Crippen molar-refractivity contribution in [2.45, 2.75) is 89.2 Å². The van der Waals surface area contributed by atoms with E-state index in [1.807, 2.05) is 62.4 Å². The summed E-state index contributed by atoms with van der Waals surface area (Å²) in [5.74, 6) is 0.844. The van der Waals surface area contributed by atoms with Crippen molar-refractivity contribution in [3.63, 3.8) is 0 Å². The number of methoxy groups -OCH3 is 2. The van der Waals surface area contributed by atoms with Gasteiger partial charge in [0.1, 0.15) is 35.9 Å². The van der Waals surface area contributed by atoms with Crippen molar-refractivity contribution in [1.82, 2.24) is 0 Å². The van der Waals surface area contributed by atoms with Gasteiger partial charge in [-0.3, -0.25) is 0 Å². The highest BCUT2D eigenvalue weighted by molar-refractivity contribution is 6.76. The molecule has 2 aliphatic heterocycles. The molecule has 0 amide bonds. The van der Waals surface area contributed by atoms with Crippen molar-refractivity contribution in [2.24, 2.45) is 0 Å². The maximum atomic E-state index is 6.52. The minimum atomic E-state index is -1.30. The molecule has 0 radical (unpaired) electrons. The number of fused-ring (bicyclic) bond motifs is 1. The number of rotatable bonds is 13. The second-order valence-electron chi connectivity index (χ2n) is 11.8. The average Bonchev–Trinajstić information content (AvgIpc) is 3.23. The van der Waals surface area contributed by atoms with Gasteiger partial charge in [-0.1, -0.05) is 43.9 Å². The van der Waals surface area contributed by atoms with Gasteiger partial charge in [0.2, 0.25) is 0 Å². The molecule has 0 aromatic heterocycles. The van der Waals surface area contributed by atoms with E-state index in [4.69, 9.17) is 37.9 Å². The molecule has 0 aliphatic carbocycles. The Bertz CT molecular complexity index is 1020. The average molecular weight is 561 g/mol. The molecule has 0 N–H and O–H groups in total. The summed E-state index contributed by atoms with van der Waals surface area (Å²) in [6, 6.07) is 16.7. The van der Waals surface area contributed by atoms with Crippen LogP contribution in [0, 0.1) is 0 Å². The van der Waals surface area contributed by atoms with Crippen LogP contribution in [0.3, 0.4) is 0 Å². The van der Waals surface area contributed by atoms with Gasteiger partial charge in [-0.05, 0) is 55.3 Å². The van der Waals surface area contributed by atoms with Crippen molar-refractivity contribution < 1.29 is 37.9 Å². The van der Waals surface area contributed by atoms with Gasteiger partial charge in [0.25, 0.3) is 0 Å². The van der Waals surface area contributed by atoms with Crippen LogP contribution in [0.15, 0.2) is 48.5 Å². The molecule has 2 heterocycles. The molecule has 5 atom stereocenters. The Kier molecular flexibility index (Phi) is 10.1. The topological polar surface area (TPSA) is 73.8 Å². The lowest BCUT2D eigenvalue weighted by atomic mass is 9.99. The Labute approximate surface area is 233 Å². The van der Waals surface area contributed by atoms with Crippen molar-refractivity contribution in [3.05, 3.63) is 59.7 Å². The standard InChI is InChI=1S/C30H44O8Si/c1-30(2)37-26-25(20-33-18-21-8-12-23(31-3)13-9-21)36-29(34-16-17-39(5,6)7)28(27(26)38-30)35-19-22-10-14-24(32-4)15-11-22/h8-15,25-29H,16-20H2,1-7H3/t25-,26+,27+,28-,29-/m1/s1. The lowest BCUT2D eigenvalue weighted by Crippen LogP contribution is -2.59. The molecule has 2 saturated heterocycles. The molecular weight excluding hydrogens is 516 g/mol. The van der Waals surface area contributed by atoms with Gasteiger partial charge < -0.3 is 37.9 Å². The summed E-state index contributed by atoms with van der Waals surface area (Å²) in [4.78, 5) is 0. The zero-order valence-electron chi connectivity index (χ0n) is 24.3. The third-order valence-corrected chi connectivity index (χ3v) is 8.58. The van der Waals surface area contributed by atoms with E-state index in [1.54, 1.807) is 14.2 Å². The molecule has 39 heavy (non-hydrogen) atoms. The van der Waals surface area contributed by atoms with E-state index in [2.05, 4.69) is 19.6 Å². The first-order valence-electron chi connectivity index (χ1n) is 13.6. The highest BCUT2D eigenvalue weighted by Crippen LogP contribution is 2.39. The van der Waals surface area contributed by atoms with Gasteiger partial charge in [-0.25, -0.2) is 0 Å². The van der Waals surface area contributed by atoms with E-state index < -0.39 is 26.3 Å². The first-order valence-corrected chi connectivity index (χ1v) is 17.4. The largest absolute Gasteiger partial charge is 0.497 e. The Morgan fingerprint density at radius 1 is 0.769 bits per heavy atom. The van der Waals surface area contributed by atoms with Gasteiger partial charge in [-0.15, -0.1) is 0 Å². The maximum absolute atomic E-state index is 6.52. The summed E-state index contributed by atoms with van der Waals surface area (Å²) in [6.07, 6.45) is -2.15. The van der Waals surface area contributed by atoms with Crippen LogP contribution in [-0.2, 0) is 41.6 Å². The van der Waals surface area contributed by atoms with Crippen LogP contribution in [0.2, 0.25) is 25.7 Å². The fourth-order valence-electron chi connectivity index (χ4n) is 4.69. The minimum absolute atomic E-state index is 0.339. The summed E-state index contributed by atoms with van der Waals surface area (Å²) in [5, 5.41) is 0. The normalized spacial score (nSPS) is 26.3. The van der Waals surface area contributed by atoms with Crippen molar-refractivity contribution in [2.75, 3.05) is 27.4 Å². The number of hydrogen-bond donors (Lipinski definition) is 0. The first kappa shape index (κ1) is 30.0. The van der Waals surface area contributed by atoms with Crippen LogP contribution in [-0.4, -0.2) is 72.0 Å². The van der Waals surface area contributed by atoms with Crippen molar-refractivity contribution in [1.29, 1.82) is 0 Å². The van der Waals surface area contributed by atoms with Crippen LogP contribution < -0.4 is 9.47 Å². The van der Waals surface area contributed by atoms with E-state index in [0.29, 0.717) is 26.4 Å². The third-order valence-electron chi connectivity index (χ3n) is 6.88. The molecule has 2 aromatic rings. The van der Waals surface area contributed by atoms with E-state index in [-0.39, 0.29) is 18.3 Å². The van der Waals surface area contributed by atoms with E-state index in [0.717, 1.165) is 28.7 Å². The summed E-state index contributed by atoms with van der Waals surface area (Å²) in [6.45, 7) is 12.6. The van der Waals surface area contributed by atoms with Gasteiger partial charge in [-0.2, -0.15) is 0 Å². The molecule has 4 rings (SSSR count). The molecule has 9 heteroatoms. The molecule has 8 nitrogen and oxygen atoms in total. The molecule has 216 valence electrons. The van der Waals surface area contributed by atoms with Gasteiger partial charge in [0.05, 0.1) is 34.0 Å². The fourth-order valence-corrected chi connectivity index (χ4v) is 5.42. The van der Waals surface area contributed by atoms with Crippen LogP contribution in [0.1, 0.15) is 25.0 Å². The van der Waals surface area contributed by atoms with Crippen LogP contribution in [0.5, 0.6) is 11.5 Å². The predicted octanol–water partition coefficient (Wildman–Crippen LogP) is 5.41. The predicted molar refractivity (Wildman–Crippen MR) is 151 cm³/mol. The van der Waals surface area contributed by atoms with E-state index in [1.165, 1.54) is 0 Å². The Morgan fingerprint density at radius 2 is 1.33 bits per heavy atom.